The average Bonchev–Trinajstić information content (AvgIpc) is 3.01. The van der Waals surface area contributed by atoms with Crippen LogP contribution in [0.15, 0.2) is 39.5 Å². The van der Waals surface area contributed by atoms with Gasteiger partial charge in [-0.05, 0) is 31.3 Å². The van der Waals surface area contributed by atoms with E-state index in [4.69, 9.17) is 23.8 Å². The molecular weight excluding hydrogens is 354 g/mol. The minimum atomic E-state index is -0.363. The number of rotatable bonds is 3. The lowest BCUT2D eigenvalue weighted by Crippen LogP contribution is -2.22. The van der Waals surface area contributed by atoms with Crippen LogP contribution in [0, 0.1) is 11.7 Å². The highest BCUT2D eigenvalue weighted by molar-refractivity contribution is 7.71. The molecule has 0 amide bonds. The zero-order valence-corrected chi connectivity index (χ0v) is 14.2. The van der Waals surface area contributed by atoms with E-state index in [1.807, 2.05) is 29.6 Å². The zero-order valence-electron chi connectivity index (χ0n) is 11.9. The van der Waals surface area contributed by atoms with Crippen LogP contribution in [-0.4, -0.2) is 26.1 Å². The lowest BCUT2D eigenvalue weighted by atomic mass is 10.2. The maximum Gasteiger partial charge on any atom is 0.296 e. The van der Waals surface area contributed by atoms with Gasteiger partial charge in [-0.1, -0.05) is 23.7 Å². The largest absolute Gasteiger partial charge is 0.296 e. The Morgan fingerprint density at radius 1 is 1.39 bits per heavy atom. The molecule has 0 radical (unpaired) electrons. The Hall–Kier alpha value is -2.16. The maximum absolute atomic E-state index is 11.9. The Kier molecular flexibility index (Phi) is 4.46. The Morgan fingerprint density at radius 3 is 2.87 bits per heavy atom. The third kappa shape index (κ3) is 3.44. The number of aromatic amines is 1. The van der Waals surface area contributed by atoms with Gasteiger partial charge in [0.25, 0.3) is 5.56 Å². The Morgan fingerprint density at radius 2 is 2.13 bits per heavy atom. The molecule has 0 bridgehead atoms. The second-order valence-corrected chi connectivity index (χ2v) is 6.24. The molecule has 9 heteroatoms. The number of thiazole rings is 1. The number of aryl methyl sites for hydroxylation is 1. The first-order chi connectivity index (χ1) is 11.0. The van der Waals surface area contributed by atoms with Gasteiger partial charge >= 0.3 is 0 Å². The maximum atomic E-state index is 11.9. The standard InChI is InChI=1S/C14H10ClN5OS2/c1-8-13(21)20(14(22)19-18-8)16-6-11-7-23-12(17-11)9-2-4-10(15)5-3-9/h2-7H,1H3,(H,19,22)/b16-6-. The lowest BCUT2D eigenvalue weighted by molar-refractivity contribution is 0.720. The van der Waals surface area contributed by atoms with E-state index in [0.29, 0.717) is 10.7 Å². The third-order valence-corrected chi connectivity index (χ3v) is 4.36. The van der Waals surface area contributed by atoms with Crippen molar-refractivity contribution in [1.82, 2.24) is 19.9 Å². The van der Waals surface area contributed by atoms with Crippen molar-refractivity contribution in [1.29, 1.82) is 0 Å². The van der Waals surface area contributed by atoms with Crippen LogP contribution in [0.2, 0.25) is 5.02 Å². The predicted octanol–water partition coefficient (Wildman–Crippen LogP) is 3.27. The Balaban J connectivity index is 1.90. The fraction of sp³-hybridized carbons (Fsp3) is 0.0714. The summed E-state index contributed by atoms with van der Waals surface area (Å²) in [6.45, 7) is 1.58. The van der Waals surface area contributed by atoms with E-state index in [1.165, 1.54) is 17.6 Å². The van der Waals surface area contributed by atoms with Gasteiger partial charge in [0.1, 0.15) is 10.7 Å². The van der Waals surface area contributed by atoms with Crippen LogP contribution in [-0.2, 0) is 0 Å². The Labute approximate surface area is 145 Å². The van der Waals surface area contributed by atoms with Crippen LogP contribution in [0.3, 0.4) is 0 Å². The van der Waals surface area contributed by atoms with E-state index in [1.54, 1.807) is 6.92 Å². The quantitative estimate of drug-likeness (QED) is 0.572. The highest BCUT2D eigenvalue weighted by Gasteiger charge is 2.05. The van der Waals surface area contributed by atoms with E-state index < -0.39 is 0 Å². The second kappa shape index (κ2) is 6.53. The smallest absolute Gasteiger partial charge is 0.265 e. The van der Waals surface area contributed by atoms with Crippen molar-refractivity contribution in [3.8, 4) is 10.6 Å². The lowest BCUT2D eigenvalue weighted by Gasteiger charge is -1.98. The predicted molar refractivity (Wildman–Crippen MR) is 94.0 cm³/mol. The molecule has 3 rings (SSSR count). The van der Waals surface area contributed by atoms with Crippen molar-refractivity contribution in [3.05, 3.63) is 61.2 Å². The van der Waals surface area contributed by atoms with Gasteiger partial charge < -0.3 is 0 Å². The van der Waals surface area contributed by atoms with Crippen molar-refractivity contribution in [2.24, 2.45) is 5.10 Å². The molecule has 1 aromatic carbocycles. The molecule has 0 spiro atoms. The van der Waals surface area contributed by atoms with Gasteiger partial charge in [-0.3, -0.25) is 9.89 Å². The number of halogens is 1. The normalized spacial score (nSPS) is 11.2. The monoisotopic (exact) mass is 363 g/mol. The van der Waals surface area contributed by atoms with Gasteiger partial charge in [-0.2, -0.15) is 14.9 Å². The molecule has 0 fully saturated rings. The summed E-state index contributed by atoms with van der Waals surface area (Å²) < 4.78 is 1.21. The number of hydrogen-bond acceptors (Lipinski definition) is 6. The molecule has 2 aromatic heterocycles. The zero-order chi connectivity index (χ0) is 16.4. The minimum Gasteiger partial charge on any atom is -0.265 e. The molecule has 0 saturated carbocycles. The highest BCUT2D eigenvalue weighted by atomic mass is 35.5. The Bertz CT molecular complexity index is 987. The van der Waals surface area contributed by atoms with Crippen LogP contribution in [0.4, 0.5) is 0 Å². The first kappa shape index (κ1) is 15.7. The molecule has 0 saturated heterocycles. The van der Waals surface area contributed by atoms with Crippen molar-refractivity contribution in [3.63, 3.8) is 0 Å². The van der Waals surface area contributed by atoms with Crippen LogP contribution >= 0.6 is 35.2 Å². The van der Waals surface area contributed by atoms with Gasteiger partial charge in [0.2, 0.25) is 4.77 Å². The van der Waals surface area contributed by atoms with Crippen molar-refractivity contribution >= 4 is 41.4 Å². The second-order valence-electron chi connectivity index (χ2n) is 4.56. The fourth-order valence-electron chi connectivity index (χ4n) is 1.76. The van der Waals surface area contributed by atoms with Crippen molar-refractivity contribution in [2.75, 3.05) is 0 Å². The summed E-state index contributed by atoms with van der Waals surface area (Å²) >= 11 is 12.4. The molecule has 0 unspecified atom stereocenters. The van der Waals surface area contributed by atoms with Crippen molar-refractivity contribution in [2.45, 2.75) is 6.92 Å². The van der Waals surface area contributed by atoms with E-state index in [0.717, 1.165) is 15.2 Å². The van der Waals surface area contributed by atoms with Gasteiger partial charge in [0, 0.05) is 16.0 Å². The molecule has 23 heavy (non-hydrogen) atoms. The number of nitrogens with zero attached hydrogens (tertiary/aromatic N) is 4. The van der Waals surface area contributed by atoms with Gasteiger partial charge in [-0.15, -0.1) is 11.3 Å². The third-order valence-electron chi connectivity index (χ3n) is 2.93. The first-order valence-corrected chi connectivity index (χ1v) is 8.15. The topological polar surface area (TPSA) is 75.9 Å². The fourth-order valence-corrected chi connectivity index (χ4v) is 2.84. The van der Waals surface area contributed by atoms with E-state index in [2.05, 4.69) is 20.3 Å². The number of benzene rings is 1. The summed E-state index contributed by atoms with van der Waals surface area (Å²) in [6.07, 6.45) is 1.49. The summed E-state index contributed by atoms with van der Waals surface area (Å²) in [5.74, 6) is 0. The van der Waals surface area contributed by atoms with Gasteiger partial charge in [0.05, 0.1) is 11.9 Å². The highest BCUT2D eigenvalue weighted by Crippen LogP contribution is 2.24. The summed E-state index contributed by atoms with van der Waals surface area (Å²) in [5, 5.41) is 13.8. The summed E-state index contributed by atoms with van der Waals surface area (Å²) in [7, 11) is 0. The SMILES string of the molecule is Cc1n[nH]c(=S)n(/N=C\c2csc(-c3ccc(Cl)cc3)n2)c1=O. The first-order valence-electron chi connectivity index (χ1n) is 6.49. The molecule has 0 atom stereocenters. The van der Waals surface area contributed by atoms with E-state index in [-0.39, 0.29) is 16.0 Å². The molecule has 6 nitrogen and oxygen atoms in total. The molecule has 1 N–H and O–H groups in total. The van der Waals surface area contributed by atoms with E-state index >= 15 is 0 Å². The molecular formula is C14H10ClN5OS2. The van der Waals surface area contributed by atoms with Gasteiger partial charge in [-0.25, -0.2) is 4.98 Å². The summed E-state index contributed by atoms with van der Waals surface area (Å²) in [6, 6.07) is 7.42. The number of hydrogen-bond donors (Lipinski definition) is 1. The van der Waals surface area contributed by atoms with Crippen LogP contribution in [0.25, 0.3) is 10.6 Å². The minimum absolute atomic E-state index is 0.130. The van der Waals surface area contributed by atoms with Gasteiger partial charge in [0.15, 0.2) is 0 Å². The number of aromatic nitrogens is 4. The van der Waals surface area contributed by atoms with E-state index in [9.17, 15) is 4.79 Å². The molecule has 0 aliphatic rings. The summed E-state index contributed by atoms with van der Waals surface area (Å²) in [4.78, 5) is 16.4. The average molecular weight is 364 g/mol. The molecule has 0 aliphatic heterocycles. The molecule has 116 valence electrons. The van der Waals surface area contributed by atoms with Crippen LogP contribution < -0.4 is 5.56 Å². The molecule has 2 heterocycles. The summed E-state index contributed by atoms with van der Waals surface area (Å²) in [5.41, 5.74) is 1.53. The molecule has 3 aromatic rings. The number of H-pyrrole nitrogens is 1. The molecule has 0 aliphatic carbocycles. The number of nitrogens with one attached hydrogen (secondary N) is 1. The van der Waals surface area contributed by atoms with Crippen molar-refractivity contribution < 1.29 is 0 Å². The van der Waals surface area contributed by atoms with Crippen LogP contribution in [0.1, 0.15) is 11.4 Å². The van der Waals surface area contributed by atoms with Crippen LogP contribution in [0.5, 0.6) is 0 Å².